The summed E-state index contributed by atoms with van der Waals surface area (Å²) in [5.41, 5.74) is 1.39. The van der Waals surface area contributed by atoms with Gasteiger partial charge in [-0.1, -0.05) is 12.2 Å². The van der Waals surface area contributed by atoms with Gasteiger partial charge in [-0.05, 0) is 81.4 Å². The Kier molecular flexibility index (Phi) is 5.44. The fourth-order valence-electron chi connectivity index (χ4n) is 6.00. The molecule has 4 aliphatic carbocycles. The summed E-state index contributed by atoms with van der Waals surface area (Å²) < 4.78 is 12.0. The molecular weight excluding hydrogens is 530 g/mol. The van der Waals surface area contributed by atoms with Crippen LogP contribution in [0.5, 0.6) is 11.5 Å². The molecule has 0 radical (unpaired) electrons. The van der Waals surface area contributed by atoms with E-state index in [0.29, 0.717) is 33.4 Å². The van der Waals surface area contributed by atoms with Gasteiger partial charge in [-0.25, -0.2) is 0 Å². The number of amides is 2. The molecule has 2 saturated carbocycles. The van der Waals surface area contributed by atoms with Crippen molar-refractivity contribution in [3.63, 3.8) is 0 Å². The standard InChI is InChI=1S/C26H22BrN3O6/c1-35-21-9-14(8-20(27)24(21)36-12-13-2-4-15(5-3-13)30(33)34)11-28-29-25(31)22-16-6-7-17(19-10-18(16)19)23(22)26(29)32/h2-9,11,16-19,22-23H,10,12H2,1H3/b28-11-/t16-,17-,18-,19-,22+,23+/m0/s1. The number of ether oxygens (including phenoxy) is 2. The van der Waals surface area contributed by atoms with Gasteiger partial charge in [0.15, 0.2) is 11.5 Å². The summed E-state index contributed by atoms with van der Waals surface area (Å²) in [6, 6.07) is 9.57. The Bertz CT molecular complexity index is 1300. The van der Waals surface area contributed by atoms with Gasteiger partial charge in [-0.15, -0.1) is 0 Å². The molecule has 1 saturated heterocycles. The second kappa shape index (κ2) is 8.55. The number of imide groups is 1. The maximum Gasteiger partial charge on any atom is 0.269 e. The van der Waals surface area contributed by atoms with E-state index in [2.05, 4.69) is 33.2 Å². The summed E-state index contributed by atoms with van der Waals surface area (Å²) in [6.45, 7) is 0.179. The fraction of sp³-hybridized carbons (Fsp3) is 0.346. The zero-order chi connectivity index (χ0) is 25.1. The molecule has 2 amide bonds. The summed E-state index contributed by atoms with van der Waals surface area (Å²) in [5.74, 6) is 1.29. The van der Waals surface area contributed by atoms with E-state index in [9.17, 15) is 19.7 Å². The molecule has 5 aliphatic rings. The lowest BCUT2D eigenvalue weighted by Crippen LogP contribution is -2.40. The molecule has 2 bridgehead atoms. The molecule has 184 valence electrons. The van der Waals surface area contributed by atoms with Crippen LogP contribution in [0, 0.1) is 45.6 Å². The lowest BCUT2D eigenvalue weighted by Gasteiger charge is -2.37. The quantitative estimate of drug-likeness (QED) is 0.166. The van der Waals surface area contributed by atoms with E-state index in [-0.39, 0.29) is 47.8 Å². The number of halogens is 1. The molecule has 3 fully saturated rings. The Labute approximate surface area is 215 Å². The van der Waals surface area contributed by atoms with Gasteiger partial charge in [0.2, 0.25) is 0 Å². The first-order valence-electron chi connectivity index (χ1n) is 11.7. The van der Waals surface area contributed by atoms with Gasteiger partial charge in [-0.2, -0.15) is 10.1 Å². The normalized spacial score (nSPS) is 29.4. The number of hydrogen-bond donors (Lipinski definition) is 0. The van der Waals surface area contributed by atoms with Crippen molar-refractivity contribution in [3.8, 4) is 11.5 Å². The lowest BCUT2D eigenvalue weighted by molar-refractivity contribution is -0.384. The number of rotatable bonds is 7. The van der Waals surface area contributed by atoms with Gasteiger partial charge in [0.05, 0.1) is 34.6 Å². The highest BCUT2D eigenvalue weighted by molar-refractivity contribution is 9.10. The maximum atomic E-state index is 13.1. The largest absolute Gasteiger partial charge is 0.493 e. The number of carbonyl (C=O) groups is 2. The van der Waals surface area contributed by atoms with Crippen molar-refractivity contribution in [3.05, 3.63) is 74.3 Å². The molecule has 2 aromatic carbocycles. The minimum atomic E-state index is -0.453. The minimum absolute atomic E-state index is 0.0103. The molecule has 7 rings (SSSR count). The lowest BCUT2D eigenvalue weighted by atomic mass is 9.63. The molecule has 6 atom stereocenters. The Morgan fingerprint density at radius 3 is 2.33 bits per heavy atom. The van der Waals surface area contributed by atoms with E-state index in [4.69, 9.17) is 9.47 Å². The highest BCUT2D eigenvalue weighted by atomic mass is 79.9. The number of nitrogens with zero attached hydrogens (tertiary/aromatic N) is 3. The number of non-ortho nitro benzene ring substituents is 1. The highest BCUT2D eigenvalue weighted by Gasteiger charge is 2.67. The minimum Gasteiger partial charge on any atom is -0.493 e. The Morgan fingerprint density at radius 1 is 1.11 bits per heavy atom. The van der Waals surface area contributed by atoms with Crippen LogP contribution in [0.25, 0.3) is 0 Å². The molecule has 2 aromatic rings. The number of hydrazone groups is 1. The summed E-state index contributed by atoms with van der Waals surface area (Å²) >= 11 is 3.49. The van der Waals surface area contributed by atoms with Gasteiger partial charge in [-0.3, -0.25) is 19.7 Å². The molecule has 9 nitrogen and oxygen atoms in total. The van der Waals surface area contributed by atoms with E-state index < -0.39 is 4.92 Å². The van der Waals surface area contributed by atoms with Crippen LogP contribution in [0.3, 0.4) is 0 Å². The number of hydrogen-bond acceptors (Lipinski definition) is 7. The molecule has 1 aliphatic heterocycles. The molecule has 10 heteroatoms. The average molecular weight is 552 g/mol. The molecule has 0 unspecified atom stereocenters. The van der Waals surface area contributed by atoms with E-state index >= 15 is 0 Å². The summed E-state index contributed by atoms with van der Waals surface area (Å²) in [5, 5.41) is 16.2. The van der Waals surface area contributed by atoms with Crippen LogP contribution < -0.4 is 9.47 Å². The number of allylic oxidation sites excluding steroid dienone is 2. The van der Waals surface area contributed by atoms with Crippen molar-refractivity contribution >= 4 is 39.6 Å². The third kappa shape index (κ3) is 3.62. The van der Waals surface area contributed by atoms with Gasteiger partial charge >= 0.3 is 0 Å². The number of methoxy groups -OCH3 is 1. The van der Waals surface area contributed by atoms with Crippen LogP contribution in [0.4, 0.5) is 5.69 Å². The number of nitro groups is 1. The number of carbonyl (C=O) groups excluding carboxylic acids is 2. The second-order valence-electron chi connectivity index (χ2n) is 9.63. The molecule has 0 N–H and O–H groups in total. The van der Waals surface area contributed by atoms with E-state index in [1.165, 1.54) is 25.5 Å². The third-order valence-corrected chi connectivity index (χ3v) is 8.33. The van der Waals surface area contributed by atoms with Crippen LogP contribution in [0.1, 0.15) is 17.5 Å². The smallest absolute Gasteiger partial charge is 0.269 e. The third-order valence-electron chi connectivity index (χ3n) is 7.74. The molecule has 1 heterocycles. The molecular formula is C26H22BrN3O6. The monoisotopic (exact) mass is 551 g/mol. The van der Waals surface area contributed by atoms with E-state index in [1.54, 1.807) is 24.3 Å². The number of nitro benzene ring substituents is 1. The molecule has 0 aromatic heterocycles. The van der Waals surface area contributed by atoms with Crippen LogP contribution >= 0.6 is 15.9 Å². The molecule has 36 heavy (non-hydrogen) atoms. The summed E-state index contributed by atoms with van der Waals surface area (Å²) in [4.78, 5) is 36.6. The second-order valence-corrected chi connectivity index (χ2v) is 10.5. The number of benzene rings is 2. The van der Waals surface area contributed by atoms with Crippen molar-refractivity contribution in [2.75, 3.05) is 7.11 Å². The van der Waals surface area contributed by atoms with Gasteiger partial charge in [0, 0.05) is 12.1 Å². The van der Waals surface area contributed by atoms with Crippen molar-refractivity contribution < 1.29 is 24.0 Å². The first-order chi connectivity index (χ1) is 17.4. The predicted octanol–water partition coefficient (Wildman–Crippen LogP) is 4.33. The summed E-state index contributed by atoms with van der Waals surface area (Å²) in [7, 11) is 1.51. The van der Waals surface area contributed by atoms with Crippen molar-refractivity contribution in [1.82, 2.24) is 5.01 Å². The van der Waals surface area contributed by atoms with Crippen molar-refractivity contribution in [2.45, 2.75) is 13.0 Å². The molecule has 0 spiro atoms. The van der Waals surface area contributed by atoms with Gasteiger partial charge < -0.3 is 9.47 Å². The predicted molar refractivity (Wildman–Crippen MR) is 132 cm³/mol. The Morgan fingerprint density at radius 2 is 1.75 bits per heavy atom. The first-order valence-corrected chi connectivity index (χ1v) is 12.5. The first kappa shape index (κ1) is 22.9. The van der Waals surface area contributed by atoms with Crippen LogP contribution in [-0.4, -0.2) is 35.1 Å². The SMILES string of the molecule is COc1cc(/C=N\N2C(=O)[C@@H]3[C@H]4C=C[C@@H]([C@@H]5C[C@@H]45)[C@H]3C2=O)cc(Br)c1OCc1ccc([N+](=O)[O-])cc1. The van der Waals surface area contributed by atoms with Crippen molar-refractivity contribution in [1.29, 1.82) is 0 Å². The Balaban J connectivity index is 1.18. The van der Waals surface area contributed by atoms with Gasteiger partial charge in [0.25, 0.3) is 17.5 Å². The van der Waals surface area contributed by atoms with Crippen molar-refractivity contribution in [2.24, 2.45) is 40.6 Å². The zero-order valence-electron chi connectivity index (χ0n) is 19.2. The van der Waals surface area contributed by atoms with Crippen LogP contribution in [0.15, 0.2) is 58.1 Å². The zero-order valence-corrected chi connectivity index (χ0v) is 20.8. The highest BCUT2D eigenvalue weighted by Crippen LogP contribution is 2.65. The van der Waals surface area contributed by atoms with E-state index in [1.807, 2.05) is 0 Å². The Hall–Kier alpha value is -3.53. The van der Waals surface area contributed by atoms with E-state index in [0.717, 1.165) is 17.0 Å². The summed E-state index contributed by atoms with van der Waals surface area (Å²) in [6.07, 6.45) is 6.87. The average Bonchev–Trinajstić information content (AvgIpc) is 3.66. The van der Waals surface area contributed by atoms with Crippen LogP contribution in [-0.2, 0) is 16.2 Å². The fourth-order valence-corrected chi connectivity index (χ4v) is 6.58. The maximum absolute atomic E-state index is 13.1. The van der Waals surface area contributed by atoms with Crippen LogP contribution in [0.2, 0.25) is 0 Å². The topological polar surface area (TPSA) is 111 Å². The van der Waals surface area contributed by atoms with Gasteiger partial charge in [0.1, 0.15) is 6.61 Å².